The van der Waals surface area contributed by atoms with Gasteiger partial charge in [0.05, 0.1) is 13.1 Å². The second-order valence-electron chi connectivity index (χ2n) is 2.92. The highest BCUT2D eigenvalue weighted by atomic mass is 19.3. The van der Waals surface area contributed by atoms with Gasteiger partial charge in [0.15, 0.2) is 0 Å². The van der Waals surface area contributed by atoms with Crippen molar-refractivity contribution < 1.29 is 13.9 Å². The molecule has 0 atom stereocenters. The van der Waals surface area contributed by atoms with Crippen LogP contribution in [0.25, 0.3) is 0 Å². The molecule has 0 aliphatic carbocycles. The molecule has 1 rings (SSSR count). The van der Waals surface area contributed by atoms with Crippen molar-refractivity contribution in [3.05, 3.63) is 12.2 Å². The average Bonchev–Trinajstić information content (AvgIpc) is 2.52. The van der Waals surface area contributed by atoms with Gasteiger partial charge in [0.25, 0.3) is 5.92 Å². The lowest BCUT2D eigenvalue weighted by atomic mass is 10.3. The van der Waals surface area contributed by atoms with E-state index in [-0.39, 0.29) is 6.54 Å². The van der Waals surface area contributed by atoms with E-state index in [2.05, 4.69) is 15.4 Å². The number of hydrogen-bond acceptors (Lipinski definition) is 4. The summed E-state index contributed by atoms with van der Waals surface area (Å²) in [5, 5.41) is 14.5. The zero-order chi connectivity index (χ0) is 10.6. The molecule has 0 saturated carbocycles. The molecule has 80 valence electrons. The predicted molar refractivity (Wildman–Crippen MR) is 44.7 cm³/mol. The zero-order valence-corrected chi connectivity index (χ0v) is 7.74. The summed E-state index contributed by atoms with van der Waals surface area (Å²) in [7, 11) is 1.67. The topological polar surface area (TPSA) is 63.0 Å². The Bertz CT molecular complexity index is 289. The minimum Gasteiger partial charge on any atom is -0.390 e. The van der Waals surface area contributed by atoms with Crippen molar-refractivity contribution in [3.8, 4) is 0 Å². The van der Waals surface area contributed by atoms with Gasteiger partial charge in [-0.3, -0.25) is 4.68 Å². The van der Waals surface area contributed by atoms with Crippen LogP contribution in [0.1, 0.15) is 5.82 Å². The lowest BCUT2D eigenvalue weighted by molar-refractivity contribution is -0.0479. The van der Waals surface area contributed by atoms with E-state index in [1.54, 1.807) is 7.05 Å². The normalized spacial score (nSPS) is 12.0. The summed E-state index contributed by atoms with van der Waals surface area (Å²) in [6.45, 7) is -1.53. The van der Waals surface area contributed by atoms with Crippen LogP contribution in [0.4, 0.5) is 8.78 Å². The molecule has 0 saturated heterocycles. The van der Waals surface area contributed by atoms with Crippen LogP contribution < -0.4 is 5.32 Å². The van der Waals surface area contributed by atoms with Gasteiger partial charge in [0.1, 0.15) is 18.8 Å². The molecular formula is C7H12F2N4O. The van der Waals surface area contributed by atoms with Crippen molar-refractivity contribution in [1.29, 1.82) is 0 Å². The van der Waals surface area contributed by atoms with E-state index in [0.29, 0.717) is 5.82 Å². The van der Waals surface area contributed by atoms with Crippen LogP contribution in [0.3, 0.4) is 0 Å². The van der Waals surface area contributed by atoms with Gasteiger partial charge in [-0.25, -0.2) is 13.8 Å². The van der Waals surface area contributed by atoms with Gasteiger partial charge < -0.3 is 10.4 Å². The number of aromatic nitrogens is 3. The minimum absolute atomic E-state index is 0.200. The van der Waals surface area contributed by atoms with E-state index < -0.39 is 19.1 Å². The van der Waals surface area contributed by atoms with Crippen molar-refractivity contribution in [2.75, 3.05) is 13.2 Å². The number of nitrogens with zero attached hydrogens (tertiary/aromatic N) is 3. The fourth-order valence-corrected chi connectivity index (χ4v) is 0.893. The number of aliphatic hydroxyl groups is 1. The molecule has 0 aromatic carbocycles. The van der Waals surface area contributed by atoms with Crippen molar-refractivity contribution in [1.82, 2.24) is 20.1 Å². The predicted octanol–water partition coefficient (Wildman–Crippen LogP) is -0.468. The molecule has 1 aromatic rings. The van der Waals surface area contributed by atoms with E-state index in [9.17, 15) is 8.78 Å². The molecule has 5 nitrogen and oxygen atoms in total. The van der Waals surface area contributed by atoms with Gasteiger partial charge in [0.2, 0.25) is 0 Å². The Morgan fingerprint density at radius 1 is 1.64 bits per heavy atom. The standard InChI is InChI=1S/C7H12F2N4O/c1-13-6(11-5-12-13)2-10-3-7(8,9)4-14/h5,10,14H,2-4H2,1H3. The molecule has 7 heteroatoms. The maximum Gasteiger partial charge on any atom is 0.282 e. The molecule has 0 bridgehead atoms. The summed E-state index contributed by atoms with van der Waals surface area (Å²) >= 11 is 0. The molecule has 1 heterocycles. The van der Waals surface area contributed by atoms with Crippen LogP contribution in [0.5, 0.6) is 0 Å². The Balaban J connectivity index is 2.32. The van der Waals surface area contributed by atoms with Gasteiger partial charge in [-0.05, 0) is 0 Å². The number of alkyl halides is 2. The highest BCUT2D eigenvalue weighted by molar-refractivity contribution is 4.83. The monoisotopic (exact) mass is 206 g/mol. The molecule has 0 fully saturated rings. The molecule has 2 N–H and O–H groups in total. The number of hydrogen-bond donors (Lipinski definition) is 2. The van der Waals surface area contributed by atoms with E-state index in [1.807, 2.05) is 0 Å². The maximum absolute atomic E-state index is 12.5. The molecule has 0 aliphatic rings. The van der Waals surface area contributed by atoms with Gasteiger partial charge in [-0.2, -0.15) is 5.10 Å². The highest BCUT2D eigenvalue weighted by Gasteiger charge is 2.26. The highest BCUT2D eigenvalue weighted by Crippen LogP contribution is 2.09. The van der Waals surface area contributed by atoms with Gasteiger partial charge in [-0.1, -0.05) is 0 Å². The summed E-state index contributed by atoms with van der Waals surface area (Å²) in [6, 6.07) is 0. The summed E-state index contributed by atoms with van der Waals surface area (Å²) < 4.78 is 26.5. The number of halogens is 2. The van der Waals surface area contributed by atoms with Gasteiger partial charge in [-0.15, -0.1) is 0 Å². The number of aryl methyl sites for hydroxylation is 1. The Morgan fingerprint density at radius 2 is 2.36 bits per heavy atom. The lowest BCUT2D eigenvalue weighted by Crippen LogP contribution is -2.35. The molecule has 0 unspecified atom stereocenters. The van der Waals surface area contributed by atoms with Crippen LogP contribution in [0.15, 0.2) is 6.33 Å². The van der Waals surface area contributed by atoms with Crippen molar-refractivity contribution >= 4 is 0 Å². The van der Waals surface area contributed by atoms with Gasteiger partial charge >= 0.3 is 0 Å². The Hall–Kier alpha value is -1.08. The zero-order valence-electron chi connectivity index (χ0n) is 7.74. The summed E-state index contributed by atoms with van der Waals surface area (Å²) in [6.07, 6.45) is 1.35. The lowest BCUT2D eigenvalue weighted by Gasteiger charge is -2.13. The van der Waals surface area contributed by atoms with E-state index in [0.717, 1.165) is 0 Å². The van der Waals surface area contributed by atoms with Crippen LogP contribution in [0.2, 0.25) is 0 Å². The average molecular weight is 206 g/mol. The first-order valence-electron chi connectivity index (χ1n) is 4.07. The third-order valence-corrected chi connectivity index (χ3v) is 1.70. The van der Waals surface area contributed by atoms with Crippen molar-refractivity contribution in [2.45, 2.75) is 12.5 Å². The van der Waals surface area contributed by atoms with Crippen LogP contribution >= 0.6 is 0 Å². The quantitative estimate of drug-likeness (QED) is 0.683. The fourth-order valence-electron chi connectivity index (χ4n) is 0.893. The summed E-state index contributed by atoms with van der Waals surface area (Å²) in [4.78, 5) is 3.84. The first-order valence-corrected chi connectivity index (χ1v) is 4.07. The minimum atomic E-state index is -3.08. The number of nitrogens with one attached hydrogen (secondary N) is 1. The third kappa shape index (κ3) is 3.00. The van der Waals surface area contributed by atoms with Gasteiger partial charge in [0, 0.05) is 7.05 Å². The largest absolute Gasteiger partial charge is 0.390 e. The maximum atomic E-state index is 12.5. The molecule has 1 aromatic heterocycles. The molecule has 0 amide bonds. The second-order valence-corrected chi connectivity index (χ2v) is 2.92. The Labute approximate surface area is 79.8 Å². The Morgan fingerprint density at radius 3 is 2.86 bits per heavy atom. The smallest absolute Gasteiger partial charge is 0.282 e. The first-order chi connectivity index (χ1) is 6.55. The van der Waals surface area contributed by atoms with Crippen LogP contribution in [0, 0.1) is 0 Å². The SMILES string of the molecule is Cn1ncnc1CNCC(F)(F)CO. The van der Waals surface area contributed by atoms with Crippen LogP contribution in [-0.2, 0) is 13.6 Å². The fraction of sp³-hybridized carbons (Fsp3) is 0.714. The summed E-state index contributed by atoms with van der Waals surface area (Å²) in [5.74, 6) is -2.52. The third-order valence-electron chi connectivity index (χ3n) is 1.70. The molecule has 0 radical (unpaired) electrons. The van der Waals surface area contributed by atoms with Crippen molar-refractivity contribution in [3.63, 3.8) is 0 Å². The molecule has 0 aliphatic heterocycles. The molecule has 14 heavy (non-hydrogen) atoms. The first kappa shape index (κ1) is 11.0. The van der Waals surface area contributed by atoms with E-state index >= 15 is 0 Å². The molecular weight excluding hydrogens is 194 g/mol. The van der Waals surface area contributed by atoms with E-state index in [1.165, 1.54) is 11.0 Å². The second kappa shape index (κ2) is 4.43. The summed E-state index contributed by atoms with van der Waals surface area (Å²) in [5.41, 5.74) is 0. The number of rotatable bonds is 5. The number of aliphatic hydroxyl groups excluding tert-OH is 1. The van der Waals surface area contributed by atoms with Crippen LogP contribution in [-0.4, -0.2) is 38.9 Å². The Kier molecular flexibility index (Phi) is 3.48. The van der Waals surface area contributed by atoms with E-state index in [4.69, 9.17) is 5.11 Å². The molecule has 0 spiro atoms. The van der Waals surface area contributed by atoms with Crippen molar-refractivity contribution in [2.24, 2.45) is 7.05 Å².